The number of alkyl halides is 1. The molecule has 3 heterocycles. The first-order valence-corrected chi connectivity index (χ1v) is 10.4. The second-order valence-corrected chi connectivity index (χ2v) is 7.87. The summed E-state index contributed by atoms with van der Waals surface area (Å²) in [5, 5.41) is 13.4. The van der Waals surface area contributed by atoms with Gasteiger partial charge in [-0.05, 0) is 49.4 Å². The fourth-order valence-electron chi connectivity index (χ4n) is 3.83. The molecular weight excluding hydrogens is 381 g/mol. The van der Waals surface area contributed by atoms with Gasteiger partial charge < -0.3 is 10.2 Å². The molecule has 2 aromatic heterocycles. The maximum Gasteiger partial charge on any atom is 0.228 e. The van der Waals surface area contributed by atoms with Crippen molar-refractivity contribution in [3.8, 4) is 11.3 Å². The average Bonchev–Trinajstić information content (AvgIpc) is 2.78. The van der Waals surface area contributed by atoms with Gasteiger partial charge in [0, 0.05) is 49.0 Å². The molecule has 6 nitrogen and oxygen atoms in total. The van der Waals surface area contributed by atoms with Crippen LogP contribution in [0.1, 0.15) is 25.5 Å². The minimum atomic E-state index is -0.849. The van der Waals surface area contributed by atoms with Crippen molar-refractivity contribution in [2.24, 2.45) is 0 Å². The fraction of sp³-hybridized carbons (Fsp3) is 0.391. The van der Waals surface area contributed by atoms with Crippen LogP contribution in [0.4, 0.5) is 4.39 Å². The summed E-state index contributed by atoms with van der Waals surface area (Å²) in [6, 6.07) is 12.1. The lowest BCUT2D eigenvalue weighted by molar-refractivity contribution is -0.131. The van der Waals surface area contributed by atoms with Crippen molar-refractivity contribution in [3.05, 3.63) is 54.5 Å². The van der Waals surface area contributed by atoms with E-state index in [-0.39, 0.29) is 18.4 Å². The molecule has 30 heavy (non-hydrogen) atoms. The molecule has 0 aliphatic carbocycles. The molecule has 1 saturated heterocycles. The Morgan fingerprint density at radius 2 is 2.07 bits per heavy atom. The molecule has 1 unspecified atom stereocenters. The Hall–Kier alpha value is -2.93. The van der Waals surface area contributed by atoms with Gasteiger partial charge in [0.15, 0.2) is 0 Å². The molecule has 0 spiro atoms. The predicted molar refractivity (Wildman–Crippen MR) is 115 cm³/mol. The van der Waals surface area contributed by atoms with Crippen molar-refractivity contribution in [1.82, 2.24) is 25.4 Å². The number of amides is 1. The van der Waals surface area contributed by atoms with Crippen LogP contribution in [0.15, 0.2) is 48.8 Å². The Labute approximate surface area is 175 Å². The largest absolute Gasteiger partial charge is 0.342 e. The molecule has 1 aromatic carbocycles. The SMILES string of the molecule is CC(F)CNC1CCN(C(=O)Cc2cc3cc(-c4cccnn4)ccc3cn2)CC1. The quantitative estimate of drug-likeness (QED) is 0.680. The van der Waals surface area contributed by atoms with Gasteiger partial charge in [0.1, 0.15) is 6.17 Å². The second-order valence-electron chi connectivity index (χ2n) is 7.87. The van der Waals surface area contributed by atoms with Gasteiger partial charge in [0.05, 0.1) is 17.8 Å². The van der Waals surface area contributed by atoms with Crippen molar-refractivity contribution in [2.45, 2.75) is 38.4 Å². The van der Waals surface area contributed by atoms with Gasteiger partial charge in [-0.25, -0.2) is 4.39 Å². The van der Waals surface area contributed by atoms with Crippen LogP contribution in [0.2, 0.25) is 0 Å². The van der Waals surface area contributed by atoms with E-state index in [0.29, 0.717) is 19.6 Å². The number of nitrogens with zero attached hydrogens (tertiary/aromatic N) is 4. The number of benzene rings is 1. The van der Waals surface area contributed by atoms with E-state index >= 15 is 0 Å². The van der Waals surface area contributed by atoms with E-state index in [2.05, 4.69) is 26.6 Å². The Morgan fingerprint density at radius 3 is 2.80 bits per heavy atom. The molecule has 0 bridgehead atoms. The van der Waals surface area contributed by atoms with Crippen LogP contribution in [0, 0.1) is 0 Å². The van der Waals surface area contributed by atoms with Crippen LogP contribution in [0.25, 0.3) is 22.0 Å². The summed E-state index contributed by atoms with van der Waals surface area (Å²) in [5.41, 5.74) is 2.55. The molecule has 1 amide bonds. The van der Waals surface area contributed by atoms with Crippen LogP contribution in [-0.4, -0.2) is 57.8 Å². The highest BCUT2D eigenvalue weighted by molar-refractivity contribution is 5.87. The van der Waals surface area contributed by atoms with Gasteiger partial charge in [0.2, 0.25) is 5.91 Å². The molecule has 1 aliphatic heterocycles. The Bertz CT molecular complexity index is 1000. The number of fused-ring (bicyclic) bond motifs is 1. The van der Waals surface area contributed by atoms with Gasteiger partial charge in [-0.2, -0.15) is 10.2 Å². The van der Waals surface area contributed by atoms with Crippen molar-refractivity contribution in [2.75, 3.05) is 19.6 Å². The first-order valence-electron chi connectivity index (χ1n) is 10.4. The highest BCUT2D eigenvalue weighted by Crippen LogP contribution is 2.23. The number of hydrogen-bond acceptors (Lipinski definition) is 5. The number of carbonyl (C=O) groups excluding carboxylic acids is 1. The first kappa shape index (κ1) is 20.3. The fourth-order valence-corrected chi connectivity index (χ4v) is 3.83. The molecule has 1 aliphatic rings. The standard InChI is InChI=1S/C23H26FN5O/c1-16(24)14-25-20-6-9-29(10-7-20)23(30)13-21-12-19-11-17(4-5-18(19)15-26-21)22-3-2-8-27-28-22/h2-5,8,11-12,15-16,20,25H,6-7,9-10,13-14H2,1H3. The molecule has 7 heteroatoms. The number of likely N-dealkylation sites (tertiary alicyclic amines) is 1. The van der Waals surface area contributed by atoms with Crippen LogP contribution < -0.4 is 5.32 Å². The third-order valence-electron chi connectivity index (χ3n) is 5.51. The van der Waals surface area contributed by atoms with Gasteiger partial charge in [-0.3, -0.25) is 9.78 Å². The van der Waals surface area contributed by atoms with Crippen LogP contribution >= 0.6 is 0 Å². The number of piperidine rings is 1. The number of rotatable bonds is 6. The normalized spacial score (nSPS) is 16.0. The van der Waals surface area contributed by atoms with Gasteiger partial charge >= 0.3 is 0 Å². The van der Waals surface area contributed by atoms with Crippen LogP contribution in [-0.2, 0) is 11.2 Å². The molecule has 3 aromatic rings. The maximum absolute atomic E-state index is 13.0. The zero-order valence-corrected chi connectivity index (χ0v) is 17.1. The van der Waals surface area contributed by atoms with Gasteiger partial charge in [-0.15, -0.1) is 0 Å². The van der Waals surface area contributed by atoms with Crippen LogP contribution in [0.5, 0.6) is 0 Å². The molecule has 1 atom stereocenters. The first-order chi connectivity index (χ1) is 14.6. The summed E-state index contributed by atoms with van der Waals surface area (Å²) in [6.07, 6.45) is 4.60. The summed E-state index contributed by atoms with van der Waals surface area (Å²) < 4.78 is 13.0. The summed E-state index contributed by atoms with van der Waals surface area (Å²) in [7, 11) is 0. The minimum Gasteiger partial charge on any atom is -0.342 e. The molecule has 156 valence electrons. The van der Waals surface area contributed by atoms with Crippen molar-refractivity contribution < 1.29 is 9.18 Å². The molecule has 4 rings (SSSR count). The highest BCUT2D eigenvalue weighted by atomic mass is 19.1. The highest BCUT2D eigenvalue weighted by Gasteiger charge is 2.23. The summed E-state index contributed by atoms with van der Waals surface area (Å²) in [4.78, 5) is 19.1. The Kier molecular flexibility index (Phi) is 6.28. The van der Waals surface area contributed by atoms with Gasteiger partial charge in [-0.1, -0.05) is 12.1 Å². The molecule has 0 saturated carbocycles. The Balaban J connectivity index is 1.40. The number of pyridine rings is 1. The van der Waals surface area contributed by atoms with E-state index in [9.17, 15) is 9.18 Å². The lowest BCUT2D eigenvalue weighted by Gasteiger charge is -2.32. The summed E-state index contributed by atoms with van der Waals surface area (Å²) in [6.45, 7) is 3.32. The maximum atomic E-state index is 13.0. The monoisotopic (exact) mass is 407 g/mol. The van der Waals surface area contributed by atoms with E-state index < -0.39 is 6.17 Å². The number of hydrogen-bond donors (Lipinski definition) is 1. The lowest BCUT2D eigenvalue weighted by Crippen LogP contribution is -2.46. The van der Waals surface area contributed by atoms with Crippen molar-refractivity contribution >= 4 is 16.7 Å². The smallest absolute Gasteiger partial charge is 0.228 e. The molecule has 1 fully saturated rings. The molecule has 0 radical (unpaired) electrons. The number of aromatic nitrogens is 3. The number of carbonyl (C=O) groups is 1. The Morgan fingerprint density at radius 1 is 1.23 bits per heavy atom. The third-order valence-corrected chi connectivity index (χ3v) is 5.51. The van der Waals surface area contributed by atoms with E-state index in [0.717, 1.165) is 40.6 Å². The average molecular weight is 407 g/mol. The topological polar surface area (TPSA) is 71.0 Å². The molecule has 1 N–H and O–H groups in total. The molecular formula is C23H26FN5O. The van der Waals surface area contributed by atoms with E-state index in [1.54, 1.807) is 13.1 Å². The van der Waals surface area contributed by atoms with Crippen molar-refractivity contribution in [3.63, 3.8) is 0 Å². The minimum absolute atomic E-state index is 0.0873. The second kappa shape index (κ2) is 9.26. The van der Waals surface area contributed by atoms with Gasteiger partial charge in [0.25, 0.3) is 0 Å². The summed E-state index contributed by atoms with van der Waals surface area (Å²) >= 11 is 0. The van der Waals surface area contributed by atoms with E-state index in [1.807, 2.05) is 41.4 Å². The lowest BCUT2D eigenvalue weighted by atomic mass is 10.0. The van der Waals surface area contributed by atoms with E-state index in [4.69, 9.17) is 0 Å². The van der Waals surface area contributed by atoms with Crippen LogP contribution in [0.3, 0.4) is 0 Å². The zero-order chi connectivity index (χ0) is 20.9. The number of nitrogens with one attached hydrogen (secondary N) is 1. The van der Waals surface area contributed by atoms with Crippen molar-refractivity contribution in [1.29, 1.82) is 0 Å². The zero-order valence-electron chi connectivity index (χ0n) is 17.1. The third kappa shape index (κ3) is 4.97. The number of halogens is 1. The summed E-state index contributed by atoms with van der Waals surface area (Å²) in [5.74, 6) is 0.0873. The van der Waals surface area contributed by atoms with E-state index in [1.165, 1.54) is 0 Å². The predicted octanol–water partition coefficient (Wildman–Crippen LogP) is 3.17.